The highest BCUT2D eigenvalue weighted by atomic mass is 127. The molecule has 0 aliphatic carbocycles. The number of anilines is 1. The van der Waals surface area contributed by atoms with E-state index in [1.54, 1.807) is 21.3 Å². The summed E-state index contributed by atoms with van der Waals surface area (Å²) in [5.41, 5.74) is 0.878. The lowest BCUT2D eigenvalue weighted by atomic mass is 10.2. The summed E-state index contributed by atoms with van der Waals surface area (Å²) in [6.07, 6.45) is 1.95. The molecule has 2 aromatic rings. The lowest BCUT2D eigenvalue weighted by Crippen LogP contribution is -2.31. The fraction of sp³-hybridized carbons (Fsp3) is 0.350. The molecule has 2 aromatic carbocycles. The fourth-order valence-corrected chi connectivity index (χ4v) is 2.37. The Morgan fingerprint density at radius 3 is 2.37 bits per heavy atom. The van der Waals surface area contributed by atoms with Crippen molar-refractivity contribution in [2.24, 2.45) is 4.99 Å². The summed E-state index contributed by atoms with van der Waals surface area (Å²) < 4.78 is 16.2. The first-order chi connectivity index (χ1) is 12.8. The van der Waals surface area contributed by atoms with Gasteiger partial charge in [-0.3, -0.25) is 4.99 Å². The van der Waals surface area contributed by atoms with Crippen LogP contribution in [0.25, 0.3) is 0 Å². The van der Waals surface area contributed by atoms with Gasteiger partial charge in [0.1, 0.15) is 5.75 Å². The minimum absolute atomic E-state index is 0. The van der Waals surface area contributed by atoms with Crippen LogP contribution in [0.4, 0.5) is 5.69 Å². The second-order valence-corrected chi connectivity index (χ2v) is 5.56. The number of benzene rings is 2. The normalized spacial score (nSPS) is 10.6. The summed E-state index contributed by atoms with van der Waals surface area (Å²) in [5.74, 6) is 2.98. The highest BCUT2D eigenvalue weighted by Crippen LogP contribution is 2.29. The third-order valence-electron chi connectivity index (χ3n) is 3.75. The number of para-hydroxylation sites is 1. The second kappa shape index (κ2) is 13.1. The van der Waals surface area contributed by atoms with Gasteiger partial charge in [0.25, 0.3) is 0 Å². The lowest BCUT2D eigenvalue weighted by Gasteiger charge is -2.14. The van der Waals surface area contributed by atoms with E-state index in [1.807, 2.05) is 48.5 Å². The van der Waals surface area contributed by atoms with Crippen molar-refractivity contribution >= 4 is 35.6 Å². The highest BCUT2D eigenvalue weighted by Gasteiger charge is 2.06. The Kier molecular flexibility index (Phi) is 11.1. The molecule has 27 heavy (non-hydrogen) atoms. The van der Waals surface area contributed by atoms with Gasteiger partial charge in [0.2, 0.25) is 0 Å². The van der Waals surface area contributed by atoms with Crippen molar-refractivity contribution in [1.82, 2.24) is 5.32 Å². The molecule has 148 valence electrons. The summed E-state index contributed by atoms with van der Waals surface area (Å²) in [6.45, 7) is 1.51. The Morgan fingerprint density at radius 2 is 1.70 bits per heavy atom. The number of hydrogen-bond donors (Lipinski definition) is 2. The van der Waals surface area contributed by atoms with Crippen LogP contribution in [-0.2, 0) is 0 Å². The van der Waals surface area contributed by atoms with Crippen LogP contribution in [0, 0.1) is 0 Å². The van der Waals surface area contributed by atoms with Gasteiger partial charge < -0.3 is 24.8 Å². The number of methoxy groups -OCH3 is 2. The number of halogens is 1. The average molecular weight is 485 g/mol. The highest BCUT2D eigenvalue weighted by molar-refractivity contribution is 14.0. The standard InChI is InChI=1S/C20H27N3O3.HI/c1-21-20(23-16-11-12-18(24-2)19(15-16)25-3)22-13-7-8-14-26-17-9-5-4-6-10-17;/h4-6,9-12,15H,7-8,13-14H2,1-3H3,(H2,21,22,23);1H. The van der Waals surface area contributed by atoms with Crippen molar-refractivity contribution in [2.75, 3.05) is 39.7 Å². The lowest BCUT2D eigenvalue weighted by molar-refractivity contribution is 0.307. The largest absolute Gasteiger partial charge is 0.494 e. The zero-order valence-corrected chi connectivity index (χ0v) is 18.4. The van der Waals surface area contributed by atoms with E-state index < -0.39 is 0 Å². The van der Waals surface area contributed by atoms with E-state index in [9.17, 15) is 0 Å². The molecule has 0 aliphatic heterocycles. The van der Waals surface area contributed by atoms with Gasteiger partial charge in [0.15, 0.2) is 17.5 Å². The van der Waals surface area contributed by atoms with Crippen molar-refractivity contribution in [3.8, 4) is 17.2 Å². The monoisotopic (exact) mass is 485 g/mol. The van der Waals surface area contributed by atoms with E-state index in [4.69, 9.17) is 14.2 Å². The molecule has 0 aromatic heterocycles. The van der Waals surface area contributed by atoms with E-state index in [2.05, 4.69) is 15.6 Å². The van der Waals surface area contributed by atoms with Gasteiger partial charge in [0.05, 0.1) is 20.8 Å². The van der Waals surface area contributed by atoms with E-state index in [0.717, 1.165) is 30.8 Å². The molecule has 0 amide bonds. The van der Waals surface area contributed by atoms with Gasteiger partial charge in [-0.1, -0.05) is 18.2 Å². The van der Waals surface area contributed by atoms with Crippen LogP contribution in [0.3, 0.4) is 0 Å². The number of nitrogens with zero attached hydrogens (tertiary/aromatic N) is 1. The van der Waals surface area contributed by atoms with E-state index in [-0.39, 0.29) is 24.0 Å². The molecule has 0 unspecified atom stereocenters. The maximum Gasteiger partial charge on any atom is 0.195 e. The van der Waals surface area contributed by atoms with Gasteiger partial charge >= 0.3 is 0 Å². The summed E-state index contributed by atoms with van der Waals surface area (Å²) in [4.78, 5) is 4.24. The molecule has 0 atom stereocenters. The smallest absolute Gasteiger partial charge is 0.195 e. The molecule has 0 saturated carbocycles. The third-order valence-corrected chi connectivity index (χ3v) is 3.75. The molecule has 2 N–H and O–H groups in total. The van der Waals surface area contributed by atoms with Crippen LogP contribution < -0.4 is 24.8 Å². The Balaban J connectivity index is 0.00000364. The molecule has 0 bridgehead atoms. The number of aliphatic imine (C=N–C) groups is 1. The first-order valence-corrected chi connectivity index (χ1v) is 8.64. The second-order valence-electron chi connectivity index (χ2n) is 5.56. The van der Waals surface area contributed by atoms with Crippen molar-refractivity contribution in [1.29, 1.82) is 0 Å². The number of ether oxygens (including phenoxy) is 3. The van der Waals surface area contributed by atoms with Crippen LogP contribution in [-0.4, -0.2) is 40.4 Å². The predicted molar refractivity (Wildman–Crippen MR) is 121 cm³/mol. The molecule has 0 fully saturated rings. The predicted octanol–water partition coefficient (Wildman–Crippen LogP) is 4.17. The molecule has 0 radical (unpaired) electrons. The topological polar surface area (TPSA) is 64.1 Å². The first-order valence-electron chi connectivity index (χ1n) is 8.64. The minimum atomic E-state index is 0. The molecular formula is C20H28IN3O3. The third kappa shape index (κ3) is 7.94. The van der Waals surface area contributed by atoms with Gasteiger partial charge in [-0.15, -0.1) is 24.0 Å². The number of guanidine groups is 1. The zero-order chi connectivity index (χ0) is 18.6. The molecule has 7 heteroatoms. The molecule has 2 rings (SSSR count). The molecule has 6 nitrogen and oxygen atoms in total. The van der Waals surface area contributed by atoms with Crippen LogP contribution in [0.2, 0.25) is 0 Å². The quantitative estimate of drug-likeness (QED) is 0.242. The van der Waals surface area contributed by atoms with Crippen molar-refractivity contribution < 1.29 is 14.2 Å². The maximum absolute atomic E-state index is 5.68. The first kappa shape index (κ1) is 22.9. The van der Waals surface area contributed by atoms with Crippen LogP contribution in [0.1, 0.15) is 12.8 Å². The Morgan fingerprint density at radius 1 is 0.963 bits per heavy atom. The SMILES string of the molecule is CN=C(NCCCCOc1ccccc1)Nc1ccc(OC)c(OC)c1.I. The molecule has 0 spiro atoms. The van der Waals surface area contributed by atoms with E-state index >= 15 is 0 Å². The summed E-state index contributed by atoms with van der Waals surface area (Å²) in [5, 5.41) is 6.54. The molecule has 0 heterocycles. The fourth-order valence-electron chi connectivity index (χ4n) is 2.37. The Labute approximate surface area is 178 Å². The molecule has 0 aliphatic rings. The van der Waals surface area contributed by atoms with E-state index in [1.165, 1.54) is 0 Å². The van der Waals surface area contributed by atoms with Crippen LogP contribution in [0.15, 0.2) is 53.5 Å². The van der Waals surface area contributed by atoms with Gasteiger partial charge in [0, 0.05) is 25.3 Å². The summed E-state index contributed by atoms with van der Waals surface area (Å²) in [7, 11) is 4.98. The Bertz CT molecular complexity index is 696. The van der Waals surface area contributed by atoms with E-state index in [0.29, 0.717) is 24.1 Å². The van der Waals surface area contributed by atoms with Crippen LogP contribution >= 0.6 is 24.0 Å². The number of nitrogens with one attached hydrogen (secondary N) is 2. The van der Waals surface area contributed by atoms with Crippen molar-refractivity contribution in [2.45, 2.75) is 12.8 Å². The van der Waals surface area contributed by atoms with Crippen molar-refractivity contribution in [3.05, 3.63) is 48.5 Å². The Hall–Kier alpha value is -2.16. The number of hydrogen-bond acceptors (Lipinski definition) is 4. The maximum atomic E-state index is 5.68. The average Bonchev–Trinajstić information content (AvgIpc) is 2.70. The summed E-state index contributed by atoms with van der Waals surface area (Å²) >= 11 is 0. The number of unbranched alkanes of at least 4 members (excludes halogenated alkanes) is 1. The summed E-state index contributed by atoms with van der Waals surface area (Å²) in [6, 6.07) is 15.5. The number of rotatable bonds is 9. The van der Waals surface area contributed by atoms with Gasteiger partial charge in [-0.25, -0.2) is 0 Å². The molecule has 0 saturated heterocycles. The van der Waals surface area contributed by atoms with Crippen LogP contribution in [0.5, 0.6) is 17.2 Å². The van der Waals surface area contributed by atoms with Crippen molar-refractivity contribution in [3.63, 3.8) is 0 Å². The minimum Gasteiger partial charge on any atom is -0.494 e. The molecular weight excluding hydrogens is 457 g/mol. The van der Waals surface area contributed by atoms with Gasteiger partial charge in [-0.05, 0) is 37.1 Å². The zero-order valence-electron chi connectivity index (χ0n) is 16.0. The van der Waals surface area contributed by atoms with Gasteiger partial charge in [-0.2, -0.15) is 0 Å².